The van der Waals surface area contributed by atoms with Crippen LogP contribution in [0, 0.1) is 6.92 Å². The predicted molar refractivity (Wildman–Crippen MR) is 113 cm³/mol. The van der Waals surface area contributed by atoms with E-state index in [1.54, 1.807) is 36.6 Å². The minimum atomic E-state index is -0.243. The van der Waals surface area contributed by atoms with E-state index in [1.807, 2.05) is 12.1 Å². The van der Waals surface area contributed by atoms with Gasteiger partial charge in [-0.05, 0) is 37.6 Å². The number of hydrogen-bond acceptors (Lipinski definition) is 5. The summed E-state index contributed by atoms with van der Waals surface area (Å²) in [6.45, 7) is 4.52. The number of benzene rings is 1. The molecule has 0 fully saturated rings. The van der Waals surface area contributed by atoms with Gasteiger partial charge in [0.05, 0.1) is 29.9 Å². The lowest BCUT2D eigenvalue weighted by atomic mass is 10.2. The Bertz CT molecular complexity index is 1260. The van der Waals surface area contributed by atoms with Crippen molar-refractivity contribution in [3.05, 3.63) is 51.4 Å². The molecule has 3 heterocycles. The monoisotopic (exact) mass is 412 g/mol. The van der Waals surface area contributed by atoms with Crippen LogP contribution in [0.25, 0.3) is 28.1 Å². The van der Waals surface area contributed by atoms with Gasteiger partial charge in [0.2, 0.25) is 5.88 Å². The summed E-state index contributed by atoms with van der Waals surface area (Å²) in [6.07, 6.45) is 2.01. The number of ether oxygens (including phenoxy) is 2. The highest BCUT2D eigenvalue weighted by atomic mass is 35.5. The number of methoxy groups -OCH3 is 1. The first-order valence-corrected chi connectivity index (χ1v) is 9.80. The molecule has 1 N–H and O–H groups in total. The van der Waals surface area contributed by atoms with Crippen molar-refractivity contribution in [2.45, 2.75) is 26.7 Å². The number of pyridine rings is 1. The van der Waals surface area contributed by atoms with Crippen LogP contribution in [0.15, 0.2) is 35.1 Å². The molecule has 0 amide bonds. The van der Waals surface area contributed by atoms with Gasteiger partial charge in [-0.25, -0.2) is 4.98 Å². The van der Waals surface area contributed by atoms with Crippen LogP contribution < -0.4 is 15.0 Å². The molecule has 1 aromatic carbocycles. The first-order chi connectivity index (χ1) is 14.0. The van der Waals surface area contributed by atoms with E-state index >= 15 is 0 Å². The number of nitrogens with zero attached hydrogens (tertiary/aromatic N) is 3. The number of halogens is 1. The lowest BCUT2D eigenvalue weighted by molar-refractivity contribution is 0.309. The molecule has 7 nitrogen and oxygen atoms in total. The Balaban J connectivity index is 1.99. The van der Waals surface area contributed by atoms with Crippen molar-refractivity contribution in [2.24, 2.45) is 0 Å². The number of aromatic amines is 1. The fraction of sp³-hybridized carbons (Fsp3) is 0.286. The summed E-state index contributed by atoms with van der Waals surface area (Å²) in [5, 5.41) is 0.510. The molecule has 0 atom stereocenters. The normalized spacial score (nSPS) is 11.3. The van der Waals surface area contributed by atoms with Gasteiger partial charge in [-0.1, -0.05) is 24.9 Å². The van der Waals surface area contributed by atoms with Crippen LogP contribution in [0.1, 0.15) is 25.5 Å². The van der Waals surface area contributed by atoms with Crippen LogP contribution in [-0.4, -0.2) is 33.1 Å². The zero-order chi connectivity index (χ0) is 20.5. The number of fused-ring (bicyclic) bond motifs is 3. The Kier molecular flexibility index (Phi) is 5.15. The highest BCUT2D eigenvalue weighted by Crippen LogP contribution is 2.33. The van der Waals surface area contributed by atoms with Crippen molar-refractivity contribution in [3.8, 4) is 23.0 Å². The van der Waals surface area contributed by atoms with Gasteiger partial charge in [-0.2, -0.15) is 4.98 Å². The Hall–Kier alpha value is -3.06. The summed E-state index contributed by atoms with van der Waals surface area (Å²) in [7, 11) is 1.55. The minimum absolute atomic E-state index is 0.243. The second-order valence-corrected chi connectivity index (χ2v) is 7.13. The van der Waals surface area contributed by atoms with Crippen molar-refractivity contribution in [1.29, 1.82) is 0 Å². The maximum Gasteiger partial charge on any atom is 0.274 e. The summed E-state index contributed by atoms with van der Waals surface area (Å²) in [5.41, 5.74) is 2.53. The van der Waals surface area contributed by atoms with Gasteiger partial charge in [0, 0.05) is 11.6 Å². The van der Waals surface area contributed by atoms with E-state index in [4.69, 9.17) is 21.1 Å². The van der Waals surface area contributed by atoms with Gasteiger partial charge >= 0.3 is 0 Å². The number of aromatic nitrogens is 4. The quantitative estimate of drug-likeness (QED) is 0.475. The third-order valence-corrected chi connectivity index (χ3v) is 5.06. The van der Waals surface area contributed by atoms with Crippen LogP contribution in [0.3, 0.4) is 0 Å². The van der Waals surface area contributed by atoms with Crippen LogP contribution in [0.4, 0.5) is 0 Å². The largest absolute Gasteiger partial charge is 0.494 e. The standard InChI is InChI=1S/C21H21ClN4O3/c1-4-5-10-29-13-6-7-15(22)14(11-13)19-23-12(2)18-21(27)24-16-8-9-17(28-3)25-20(16)26(18)19/h6-9,11H,4-5,10H2,1-3H3,(H,24,27). The molecule has 0 aliphatic heterocycles. The molecule has 150 valence electrons. The van der Waals surface area contributed by atoms with Gasteiger partial charge in [0.1, 0.15) is 17.1 Å². The summed E-state index contributed by atoms with van der Waals surface area (Å²) in [4.78, 5) is 24.7. The second kappa shape index (κ2) is 7.75. The number of rotatable bonds is 6. The SMILES string of the molecule is CCCCOc1ccc(Cl)c(-c2nc(C)c3c(=O)[nH]c4ccc(OC)nc4n23)c1. The molecular weight excluding hydrogens is 392 g/mol. The maximum atomic E-state index is 12.7. The van der Waals surface area contributed by atoms with E-state index in [-0.39, 0.29) is 5.56 Å². The van der Waals surface area contributed by atoms with Crippen molar-refractivity contribution < 1.29 is 9.47 Å². The number of H-pyrrole nitrogens is 1. The lowest BCUT2D eigenvalue weighted by Crippen LogP contribution is -2.12. The van der Waals surface area contributed by atoms with Crippen LogP contribution in [-0.2, 0) is 0 Å². The zero-order valence-corrected chi connectivity index (χ0v) is 17.2. The lowest BCUT2D eigenvalue weighted by Gasteiger charge is -2.10. The Labute approximate surface area is 172 Å². The van der Waals surface area contributed by atoms with Gasteiger partial charge in [0.15, 0.2) is 5.65 Å². The van der Waals surface area contributed by atoms with E-state index in [0.29, 0.717) is 57.0 Å². The molecule has 0 unspecified atom stereocenters. The summed E-state index contributed by atoms with van der Waals surface area (Å²) < 4.78 is 12.8. The average Bonchev–Trinajstić information content (AvgIpc) is 3.07. The van der Waals surface area contributed by atoms with E-state index in [0.717, 1.165) is 12.8 Å². The molecule has 0 aliphatic carbocycles. The maximum absolute atomic E-state index is 12.7. The third kappa shape index (κ3) is 3.42. The smallest absolute Gasteiger partial charge is 0.274 e. The first kappa shape index (κ1) is 19.3. The topological polar surface area (TPSA) is 81.5 Å². The molecule has 0 saturated carbocycles. The van der Waals surface area contributed by atoms with Crippen molar-refractivity contribution in [3.63, 3.8) is 0 Å². The predicted octanol–water partition coefficient (Wildman–Crippen LogP) is 4.39. The fourth-order valence-electron chi connectivity index (χ4n) is 3.28. The minimum Gasteiger partial charge on any atom is -0.494 e. The van der Waals surface area contributed by atoms with E-state index in [2.05, 4.69) is 21.9 Å². The molecular formula is C21H21ClN4O3. The molecule has 8 heteroatoms. The molecule has 29 heavy (non-hydrogen) atoms. The second-order valence-electron chi connectivity index (χ2n) is 6.73. The Morgan fingerprint density at radius 1 is 1.21 bits per heavy atom. The van der Waals surface area contributed by atoms with Gasteiger partial charge in [0.25, 0.3) is 5.56 Å². The number of imidazole rings is 1. The summed E-state index contributed by atoms with van der Waals surface area (Å²) >= 11 is 6.51. The number of unbranched alkanes of at least 4 members (excludes halogenated alkanes) is 1. The highest BCUT2D eigenvalue weighted by molar-refractivity contribution is 6.33. The molecule has 0 saturated heterocycles. The molecule has 0 aliphatic rings. The summed E-state index contributed by atoms with van der Waals surface area (Å²) in [6, 6.07) is 8.91. The molecule has 0 bridgehead atoms. The van der Waals surface area contributed by atoms with Crippen molar-refractivity contribution >= 4 is 28.3 Å². The van der Waals surface area contributed by atoms with E-state index in [9.17, 15) is 4.79 Å². The highest BCUT2D eigenvalue weighted by Gasteiger charge is 2.19. The Morgan fingerprint density at radius 3 is 2.79 bits per heavy atom. The number of nitrogens with one attached hydrogen (secondary N) is 1. The van der Waals surface area contributed by atoms with E-state index in [1.165, 1.54) is 0 Å². The third-order valence-electron chi connectivity index (χ3n) is 4.73. The van der Waals surface area contributed by atoms with E-state index < -0.39 is 0 Å². The number of aryl methyl sites for hydroxylation is 1. The molecule has 4 aromatic rings. The Morgan fingerprint density at radius 2 is 2.03 bits per heavy atom. The molecule has 0 radical (unpaired) electrons. The molecule has 3 aromatic heterocycles. The fourth-order valence-corrected chi connectivity index (χ4v) is 3.48. The molecule has 0 spiro atoms. The van der Waals surface area contributed by atoms with Crippen LogP contribution in [0.5, 0.6) is 11.6 Å². The van der Waals surface area contributed by atoms with Crippen LogP contribution >= 0.6 is 11.6 Å². The first-order valence-electron chi connectivity index (χ1n) is 9.42. The van der Waals surface area contributed by atoms with Gasteiger partial charge in [-0.15, -0.1) is 0 Å². The molecule has 4 rings (SSSR count). The average molecular weight is 413 g/mol. The zero-order valence-electron chi connectivity index (χ0n) is 16.5. The van der Waals surface area contributed by atoms with Gasteiger partial charge in [-0.3, -0.25) is 9.20 Å². The van der Waals surface area contributed by atoms with Crippen molar-refractivity contribution in [2.75, 3.05) is 13.7 Å². The van der Waals surface area contributed by atoms with Crippen LogP contribution in [0.2, 0.25) is 5.02 Å². The number of hydrogen-bond donors (Lipinski definition) is 1. The summed E-state index contributed by atoms with van der Waals surface area (Å²) in [5.74, 6) is 1.66. The van der Waals surface area contributed by atoms with Crippen molar-refractivity contribution in [1.82, 2.24) is 19.4 Å². The van der Waals surface area contributed by atoms with Gasteiger partial charge < -0.3 is 14.5 Å².